The van der Waals surface area contributed by atoms with E-state index < -0.39 is 10.0 Å². The molecule has 9 heteroatoms. The van der Waals surface area contributed by atoms with Crippen molar-refractivity contribution in [1.82, 2.24) is 9.79 Å². The minimum absolute atomic E-state index is 0.0770. The monoisotopic (exact) mass is 344 g/mol. The number of rotatable bonds is 6. The third kappa shape index (κ3) is 4.33. The van der Waals surface area contributed by atoms with E-state index in [0.29, 0.717) is 44.5 Å². The number of hydrogen-bond acceptors (Lipinski definition) is 7. The van der Waals surface area contributed by atoms with Crippen molar-refractivity contribution in [2.75, 3.05) is 52.7 Å². The average Bonchev–Trinajstić information content (AvgIpc) is 2.59. The molecule has 0 spiro atoms. The molecular weight excluding hydrogens is 324 g/mol. The van der Waals surface area contributed by atoms with E-state index in [9.17, 15) is 8.42 Å². The first kappa shape index (κ1) is 16.5. The molecule has 0 unspecified atom stereocenters. The minimum atomic E-state index is -3.75. The van der Waals surface area contributed by atoms with Gasteiger partial charge in [0.05, 0.1) is 24.7 Å². The number of sulfonamides is 1. The van der Waals surface area contributed by atoms with Crippen molar-refractivity contribution in [2.24, 2.45) is 0 Å². The van der Waals surface area contributed by atoms with Crippen molar-refractivity contribution >= 4 is 10.0 Å². The fourth-order valence-electron chi connectivity index (χ4n) is 2.36. The van der Waals surface area contributed by atoms with Gasteiger partial charge in [-0.05, 0) is 12.1 Å². The van der Waals surface area contributed by atoms with E-state index in [1.165, 1.54) is 12.1 Å². The molecule has 1 saturated heterocycles. The predicted molar refractivity (Wildman–Crippen MR) is 81.0 cm³/mol. The highest BCUT2D eigenvalue weighted by molar-refractivity contribution is 7.89. The van der Waals surface area contributed by atoms with E-state index in [2.05, 4.69) is 9.79 Å². The summed E-state index contributed by atoms with van der Waals surface area (Å²) in [5.41, 5.74) is 0. The molecule has 2 heterocycles. The van der Waals surface area contributed by atoms with Crippen LogP contribution >= 0.6 is 0 Å². The van der Waals surface area contributed by atoms with Crippen LogP contribution in [0.2, 0.25) is 0 Å². The van der Waals surface area contributed by atoms with Crippen LogP contribution in [0.5, 0.6) is 11.5 Å². The molecule has 128 valence electrons. The Morgan fingerprint density at radius 1 is 1.09 bits per heavy atom. The summed E-state index contributed by atoms with van der Waals surface area (Å²) in [6.07, 6.45) is 0. The van der Waals surface area contributed by atoms with Crippen LogP contribution in [0.25, 0.3) is 0 Å². The highest BCUT2D eigenvalue weighted by Gasteiger charge is 2.19. The third-order valence-corrected chi connectivity index (χ3v) is 4.82. The Labute approximate surface area is 135 Å². The highest BCUT2D eigenvalue weighted by atomic mass is 32.2. The smallest absolute Gasteiger partial charge is 0.262 e. The lowest BCUT2D eigenvalue weighted by molar-refractivity contribution is 0.0125. The molecule has 1 N–H and O–H groups in total. The SMILES string of the molecule is O=S(=O)(NOCCN1CCOCC1)c1ccc2c(c1)OCCO2. The number of nitrogens with one attached hydrogen (secondary N) is 1. The Hall–Kier alpha value is -1.39. The summed E-state index contributed by atoms with van der Waals surface area (Å²) < 4.78 is 40.4. The van der Waals surface area contributed by atoms with Gasteiger partial charge in [-0.1, -0.05) is 4.89 Å². The van der Waals surface area contributed by atoms with Crippen molar-refractivity contribution in [2.45, 2.75) is 4.90 Å². The van der Waals surface area contributed by atoms with Crippen LogP contribution in [0.3, 0.4) is 0 Å². The molecule has 0 bridgehead atoms. The molecule has 1 aromatic carbocycles. The van der Waals surface area contributed by atoms with E-state index >= 15 is 0 Å². The van der Waals surface area contributed by atoms with Crippen LogP contribution < -0.4 is 14.4 Å². The maximum atomic E-state index is 12.2. The molecule has 0 radical (unpaired) electrons. The van der Waals surface area contributed by atoms with Gasteiger partial charge in [-0.2, -0.15) is 0 Å². The quantitative estimate of drug-likeness (QED) is 0.574. The van der Waals surface area contributed by atoms with Crippen molar-refractivity contribution in [3.8, 4) is 11.5 Å². The van der Waals surface area contributed by atoms with Gasteiger partial charge in [0.2, 0.25) is 0 Å². The summed E-state index contributed by atoms with van der Waals surface area (Å²) in [6.45, 7) is 4.83. The Bertz CT molecular complexity index is 630. The second-order valence-electron chi connectivity index (χ2n) is 5.19. The third-order valence-electron chi connectivity index (χ3n) is 3.61. The van der Waals surface area contributed by atoms with Gasteiger partial charge in [0.1, 0.15) is 13.2 Å². The predicted octanol–water partition coefficient (Wildman–Crippen LogP) is -0.0001000. The molecule has 0 atom stereocenters. The lowest BCUT2D eigenvalue weighted by atomic mass is 10.3. The lowest BCUT2D eigenvalue weighted by Gasteiger charge is -2.26. The first-order valence-corrected chi connectivity index (χ1v) is 8.97. The maximum Gasteiger partial charge on any atom is 0.262 e. The van der Waals surface area contributed by atoms with Gasteiger partial charge in [0, 0.05) is 25.7 Å². The molecule has 0 saturated carbocycles. The van der Waals surface area contributed by atoms with Crippen LogP contribution in [0.4, 0.5) is 0 Å². The molecule has 1 fully saturated rings. The maximum absolute atomic E-state index is 12.2. The largest absolute Gasteiger partial charge is 0.486 e. The summed E-state index contributed by atoms with van der Waals surface area (Å²) in [5, 5.41) is 0. The molecule has 0 aliphatic carbocycles. The Morgan fingerprint density at radius 3 is 2.61 bits per heavy atom. The zero-order valence-corrected chi connectivity index (χ0v) is 13.5. The van der Waals surface area contributed by atoms with E-state index in [1.54, 1.807) is 6.07 Å². The summed E-state index contributed by atoms with van der Waals surface area (Å²) in [5.74, 6) is 0.968. The van der Waals surface area contributed by atoms with Crippen LogP contribution in [0.1, 0.15) is 0 Å². The number of fused-ring (bicyclic) bond motifs is 1. The van der Waals surface area contributed by atoms with Crippen LogP contribution in [0.15, 0.2) is 23.1 Å². The van der Waals surface area contributed by atoms with Crippen molar-refractivity contribution in [3.63, 3.8) is 0 Å². The lowest BCUT2D eigenvalue weighted by Crippen LogP contribution is -2.39. The van der Waals surface area contributed by atoms with Gasteiger partial charge in [-0.15, -0.1) is 0 Å². The number of morpholine rings is 1. The van der Waals surface area contributed by atoms with E-state index in [4.69, 9.17) is 19.0 Å². The van der Waals surface area contributed by atoms with Crippen LogP contribution in [-0.4, -0.2) is 66.0 Å². The molecule has 0 aromatic heterocycles. The highest BCUT2D eigenvalue weighted by Crippen LogP contribution is 2.32. The zero-order valence-electron chi connectivity index (χ0n) is 12.7. The second kappa shape index (κ2) is 7.45. The molecular formula is C14H20N2O6S. The second-order valence-corrected chi connectivity index (χ2v) is 6.84. The molecule has 1 aromatic rings. The Morgan fingerprint density at radius 2 is 1.83 bits per heavy atom. The van der Waals surface area contributed by atoms with Crippen LogP contribution in [-0.2, 0) is 19.6 Å². The normalized spacial score (nSPS) is 18.8. The van der Waals surface area contributed by atoms with Crippen molar-refractivity contribution in [1.29, 1.82) is 0 Å². The minimum Gasteiger partial charge on any atom is -0.486 e. The number of ether oxygens (including phenoxy) is 3. The van der Waals surface area contributed by atoms with Gasteiger partial charge in [-0.25, -0.2) is 8.42 Å². The Kier molecular flexibility index (Phi) is 5.34. The van der Waals surface area contributed by atoms with Crippen molar-refractivity contribution in [3.05, 3.63) is 18.2 Å². The zero-order chi connectivity index (χ0) is 16.1. The summed E-state index contributed by atoms with van der Waals surface area (Å²) in [4.78, 5) is 9.48. The van der Waals surface area contributed by atoms with E-state index in [-0.39, 0.29) is 11.5 Å². The van der Waals surface area contributed by atoms with Gasteiger partial charge in [-0.3, -0.25) is 9.74 Å². The molecule has 2 aliphatic rings. The molecule has 3 rings (SSSR count). The molecule has 0 amide bonds. The van der Waals surface area contributed by atoms with E-state index in [0.717, 1.165) is 13.1 Å². The first-order chi connectivity index (χ1) is 11.1. The van der Waals surface area contributed by atoms with Crippen molar-refractivity contribution < 1.29 is 27.5 Å². The van der Waals surface area contributed by atoms with Gasteiger partial charge in [0.15, 0.2) is 11.5 Å². The topological polar surface area (TPSA) is 86.3 Å². The molecule has 2 aliphatic heterocycles. The fourth-order valence-corrected chi connectivity index (χ4v) is 3.20. The molecule has 23 heavy (non-hydrogen) atoms. The summed E-state index contributed by atoms with van der Waals surface area (Å²) >= 11 is 0. The van der Waals surface area contributed by atoms with Gasteiger partial charge in [0.25, 0.3) is 10.0 Å². The number of hydrogen-bond donors (Lipinski definition) is 1. The standard InChI is InChI=1S/C14H20N2O6S/c17-23(18,15-22-8-5-16-3-6-19-7-4-16)12-1-2-13-14(11-12)21-10-9-20-13/h1-2,11,15H,3-10H2. The number of nitrogens with zero attached hydrogens (tertiary/aromatic N) is 1. The fraction of sp³-hybridized carbons (Fsp3) is 0.571. The van der Waals surface area contributed by atoms with Crippen LogP contribution in [0, 0.1) is 0 Å². The van der Waals surface area contributed by atoms with Gasteiger partial charge >= 0.3 is 0 Å². The summed E-state index contributed by atoms with van der Waals surface area (Å²) in [7, 11) is -3.75. The Balaban J connectivity index is 1.52. The average molecular weight is 344 g/mol. The molecule has 8 nitrogen and oxygen atoms in total. The summed E-state index contributed by atoms with van der Waals surface area (Å²) in [6, 6.07) is 4.47. The first-order valence-electron chi connectivity index (χ1n) is 7.48. The van der Waals surface area contributed by atoms with Gasteiger partial charge < -0.3 is 14.2 Å². The van der Waals surface area contributed by atoms with E-state index in [1.807, 2.05) is 0 Å². The number of benzene rings is 1.